The molecule has 1 N–H and O–H groups in total. The Labute approximate surface area is 223 Å². The van der Waals surface area contributed by atoms with Gasteiger partial charge >= 0.3 is 24.3 Å². The smallest absolute Gasteiger partial charge is 0.434 e. The molecule has 0 aliphatic carbocycles. The molecule has 3 rings (SSSR count). The fraction of sp³-hybridized carbons (Fsp3) is 0.321. The first-order valence-corrected chi connectivity index (χ1v) is 11.9. The summed E-state index contributed by atoms with van der Waals surface area (Å²) < 4.78 is 59.1. The highest BCUT2D eigenvalue weighted by Crippen LogP contribution is 2.32. The van der Waals surface area contributed by atoms with E-state index in [4.69, 9.17) is 9.47 Å². The van der Waals surface area contributed by atoms with Crippen molar-refractivity contribution in [1.82, 2.24) is 9.88 Å². The molecule has 0 aliphatic rings. The van der Waals surface area contributed by atoms with E-state index in [0.29, 0.717) is 16.5 Å². The van der Waals surface area contributed by atoms with Gasteiger partial charge in [-0.25, -0.2) is 14.4 Å². The minimum absolute atomic E-state index is 0.0850. The second-order valence-electron chi connectivity index (χ2n) is 9.34. The van der Waals surface area contributed by atoms with Crippen LogP contribution in [0.2, 0.25) is 0 Å². The third-order valence-electron chi connectivity index (χ3n) is 5.18. The molecule has 1 atom stereocenters. The molecule has 0 bridgehead atoms. The van der Waals surface area contributed by atoms with E-state index in [1.54, 1.807) is 62.5 Å². The Morgan fingerprint density at radius 2 is 1.67 bits per heavy atom. The van der Waals surface area contributed by atoms with Crippen LogP contribution in [0.15, 0.2) is 60.8 Å². The topological polar surface area (TPSA) is 95.9 Å². The summed E-state index contributed by atoms with van der Waals surface area (Å²) in [5.74, 6) is 2.37. The molecule has 1 aromatic heterocycles. The summed E-state index contributed by atoms with van der Waals surface area (Å²) in [6.07, 6.45) is -6.04. The summed E-state index contributed by atoms with van der Waals surface area (Å²) in [7, 11) is 0. The number of carbonyl (C=O) groups excluding carboxylic acids is 3. The van der Waals surface area contributed by atoms with Crippen molar-refractivity contribution in [3.8, 4) is 11.8 Å². The molecule has 0 spiro atoms. The number of ether oxygens (including phenoxy) is 3. The minimum atomic E-state index is -5.36. The summed E-state index contributed by atoms with van der Waals surface area (Å²) in [5, 5.41) is 2.06. The number of alkyl carbamates (subject to hydrolysis) is 1. The van der Waals surface area contributed by atoms with Crippen molar-refractivity contribution < 1.29 is 41.8 Å². The standard InChI is InChI=1S/C28H27F3N2O6/c1-5-37-23(34)27(28(29,30)31,32-24(35)38-18-20-9-7-6-8-10-20)15-13-19-11-12-22-21(17-19)14-16-33(22)25(36)39-26(2,3)4/h6-12,14,16-17H,5,18H2,1-4H3,(H,32,35)/t27-/m0/s1. The van der Waals surface area contributed by atoms with Crippen LogP contribution >= 0.6 is 0 Å². The van der Waals surface area contributed by atoms with Crippen molar-refractivity contribution in [1.29, 1.82) is 0 Å². The Bertz CT molecular complexity index is 1410. The zero-order chi connectivity index (χ0) is 28.8. The predicted molar refractivity (Wildman–Crippen MR) is 136 cm³/mol. The molecule has 0 saturated heterocycles. The predicted octanol–water partition coefficient (Wildman–Crippen LogP) is 5.57. The Balaban J connectivity index is 1.94. The van der Waals surface area contributed by atoms with Crippen molar-refractivity contribution in [2.45, 2.75) is 51.6 Å². The lowest BCUT2D eigenvalue weighted by Crippen LogP contribution is -2.63. The molecule has 2 aromatic carbocycles. The van der Waals surface area contributed by atoms with E-state index in [9.17, 15) is 27.6 Å². The van der Waals surface area contributed by atoms with E-state index in [2.05, 4.69) is 10.7 Å². The number of halogens is 3. The summed E-state index contributed by atoms with van der Waals surface area (Å²) >= 11 is 0. The number of aromatic nitrogens is 1. The molecule has 0 radical (unpaired) electrons. The van der Waals surface area contributed by atoms with Crippen LogP contribution in [-0.2, 0) is 25.6 Å². The summed E-state index contributed by atoms with van der Waals surface area (Å²) in [5.41, 5.74) is -3.39. The molecular weight excluding hydrogens is 517 g/mol. The van der Waals surface area contributed by atoms with Gasteiger partial charge in [0.25, 0.3) is 5.54 Å². The zero-order valence-corrected chi connectivity index (χ0v) is 21.7. The van der Waals surface area contributed by atoms with Gasteiger partial charge in [0, 0.05) is 17.1 Å². The second-order valence-corrected chi connectivity index (χ2v) is 9.34. The van der Waals surface area contributed by atoms with E-state index in [1.807, 2.05) is 5.92 Å². The SMILES string of the molecule is CCOC(=O)[C@](C#Cc1ccc2c(ccn2C(=O)OC(C)(C)C)c1)(NC(=O)OCc1ccccc1)C(F)(F)F. The first-order valence-electron chi connectivity index (χ1n) is 11.9. The molecule has 0 unspecified atom stereocenters. The number of hydrogen-bond acceptors (Lipinski definition) is 6. The lowest BCUT2D eigenvalue weighted by atomic mass is 9.98. The number of carbonyl (C=O) groups is 3. The maximum atomic E-state index is 14.3. The number of alkyl halides is 3. The van der Waals surface area contributed by atoms with E-state index in [1.165, 1.54) is 35.9 Å². The van der Waals surface area contributed by atoms with Gasteiger partial charge in [-0.05, 0) is 63.4 Å². The first-order chi connectivity index (χ1) is 18.3. The van der Waals surface area contributed by atoms with Gasteiger partial charge in [-0.1, -0.05) is 36.3 Å². The maximum absolute atomic E-state index is 14.3. The number of hydrogen-bond donors (Lipinski definition) is 1. The van der Waals surface area contributed by atoms with Crippen molar-refractivity contribution in [3.05, 3.63) is 71.9 Å². The first kappa shape index (κ1) is 29.1. The average molecular weight is 545 g/mol. The molecule has 8 nitrogen and oxygen atoms in total. The molecule has 39 heavy (non-hydrogen) atoms. The van der Waals surface area contributed by atoms with Gasteiger partial charge < -0.3 is 14.2 Å². The molecule has 3 aromatic rings. The molecule has 1 amide bonds. The molecule has 0 aliphatic heterocycles. The Kier molecular flexibility index (Phi) is 8.59. The lowest BCUT2D eigenvalue weighted by molar-refractivity contribution is -0.198. The van der Waals surface area contributed by atoms with Gasteiger partial charge in [0.05, 0.1) is 12.1 Å². The van der Waals surface area contributed by atoms with Gasteiger partial charge in [0.1, 0.15) is 12.2 Å². The molecule has 1 heterocycles. The quantitative estimate of drug-likeness (QED) is 0.257. The highest BCUT2D eigenvalue weighted by Gasteiger charge is 2.63. The average Bonchev–Trinajstić information content (AvgIpc) is 3.28. The Morgan fingerprint density at radius 1 is 0.974 bits per heavy atom. The van der Waals surface area contributed by atoms with E-state index < -0.39 is 35.5 Å². The highest BCUT2D eigenvalue weighted by atomic mass is 19.4. The van der Waals surface area contributed by atoms with Crippen LogP contribution in [0.4, 0.5) is 22.8 Å². The van der Waals surface area contributed by atoms with Crippen molar-refractivity contribution in [2.24, 2.45) is 0 Å². The Hall–Kier alpha value is -4.46. The monoisotopic (exact) mass is 544 g/mol. The van der Waals surface area contributed by atoms with E-state index in [0.717, 1.165) is 0 Å². The summed E-state index contributed by atoms with van der Waals surface area (Å²) in [6, 6.07) is 14.1. The third kappa shape index (κ3) is 7.10. The molecular formula is C28H27F3N2O6. The van der Waals surface area contributed by atoms with E-state index >= 15 is 0 Å². The van der Waals surface area contributed by atoms with Gasteiger partial charge in [-0.3, -0.25) is 9.88 Å². The van der Waals surface area contributed by atoms with E-state index in [-0.39, 0.29) is 18.8 Å². The number of rotatable bonds is 5. The number of fused-ring (bicyclic) bond motifs is 1. The highest BCUT2D eigenvalue weighted by molar-refractivity contribution is 5.92. The summed E-state index contributed by atoms with van der Waals surface area (Å²) in [6.45, 7) is 5.75. The van der Waals surface area contributed by atoms with Crippen LogP contribution in [0, 0.1) is 11.8 Å². The van der Waals surface area contributed by atoms with Crippen LogP contribution in [0.3, 0.4) is 0 Å². The van der Waals surface area contributed by atoms with Crippen LogP contribution < -0.4 is 5.32 Å². The Morgan fingerprint density at radius 3 is 2.28 bits per heavy atom. The van der Waals surface area contributed by atoms with Crippen LogP contribution in [0.5, 0.6) is 0 Å². The molecule has 0 saturated carbocycles. The van der Waals surface area contributed by atoms with Crippen LogP contribution in [0.25, 0.3) is 10.9 Å². The van der Waals surface area contributed by atoms with Crippen LogP contribution in [-0.4, -0.2) is 46.6 Å². The number of nitrogens with one attached hydrogen (secondary N) is 1. The molecule has 206 valence electrons. The fourth-order valence-corrected chi connectivity index (χ4v) is 3.40. The third-order valence-corrected chi connectivity index (χ3v) is 5.18. The minimum Gasteiger partial charge on any atom is -0.463 e. The van der Waals surface area contributed by atoms with Crippen LogP contribution in [0.1, 0.15) is 38.8 Å². The second kappa shape index (κ2) is 11.5. The number of amides is 1. The fourth-order valence-electron chi connectivity index (χ4n) is 3.40. The van der Waals surface area contributed by atoms with Gasteiger partial charge in [0.2, 0.25) is 0 Å². The summed E-state index contributed by atoms with van der Waals surface area (Å²) in [4.78, 5) is 37.4. The molecule has 0 fully saturated rings. The van der Waals surface area contributed by atoms with Gasteiger partial charge in [0.15, 0.2) is 0 Å². The van der Waals surface area contributed by atoms with Crippen molar-refractivity contribution in [3.63, 3.8) is 0 Å². The van der Waals surface area contributed by atoms with Gasteiger partial charge in [-0.2, -0.15) is 13.2 Å². The molecule has 11 heteroatoms. The number of benzene rings is 2. The maximum Gasteiger partial charge on any atom is 0.434 e. The van der Waals surface area contributed by atoms with Crippen molar-refractivity contribution in [2.75, 3.05) is 6.61 Å². The lowest BCUT2D eigenvalue weighted by Gasteiger charge is -2.29. The number of nitrogens with zero attached hydrogens (tertiary/aromatic N) is 1. The largest absolute Gasteiger partial charge is 0.463 e. The van der Waals surface area contributed by atoms with Gasteiger partial charge in [-0.15, -0.1) is 0 Å². The zero-order valence-electron chi connectivity index (χ0n) is 21.7. The normalized spacial score (nSPS) is 13.0. The number of esters is 1. The van der Waals surface area contributed by atoms with Crippen molar-refractivity contribution >= 4 is 29.1 Å².